The number of amides is 1. The second-order valence-corrected chi connectivity index (χ2v) is 5.15. The van der Waals surface area contributed by atoms with Crippen molar-refractivity contribution in [2.45, 2.75) is 45.2 Å². The van der Waals surface area contributed by atoms with Crippen molar-refractivity contribution in [1.82, 2.24) is 10.6 Å². The Bertz CT molecular complexity index is 426. The Labute approximate surface area is 120 Å². The molecule has 2 rings (SSSR count). The molecule has 20 heavy (non-hydrogen) atoms. The topological polar surface area (TPSA) is 50.4 Å². The van der Waals surface area contributed by atoms with E-state index >= 15 is 0 Å². The molecule has 0 aromatic heterocycles. The standard InChI is InChI=1S/C16H24N2O2/c1-2-20-14-8-6-7-13(11-14)12-18-16(19)15-9-4-3-5-10-17-15/h6-8,11,15,17H,2-5,9-10,12H2,1H3,(H,18,19). The van der Waals surface area contributed by atoms with Crippen molar-refractivity contribution >= 4 is 5.91 Å². The molecule has 1 aliphatic rings. The Morgan fingerprint density at radius 1 is 1.40 bits per heavy atom. The van der Waals surface area contributed by atoms with Crippen molar-refractivity contribution in [1.29, 1.82) is 0 Å². The maximum atomic E-state index is 12.1. The highest BCUT2D eigenvalue weighted by Gasteiger charge is 2.18. The van der Waals surface area contributed by atoms with Crippen molar-refractivity contribution in [2.24, 2.45) is 0 Å². The van der Waals surface area contributed by atoms with Gasteiger partial charge in [-0.05, 0) is 44.0 Å². The summed E-state index contributed by atoms with van der Waals surface area (Å²) in [6.07, 6.45) is 4.45. The minimum Gasteiger partial charge on any atom is -0.494 e. The van der Waals surface area contributed by atoms with Gasteiger partial charge in [-0.3, -0.25) is 4.79 Å². The predicted octanol–water partition coefficient (Wildman–Crippen LogP) is 2.23. The van der Waals surface area contributed by atoms with Crippen LogP contribution in [0.5, 0.6) is 5.75 Å². The second-order valence-electron chi connectivity index (χ2n) is 5.15. The summed E-state index contributed by atoms with van der Waals surface area (Å²) in [4.78, 5) is 12.1. The van der Waals surface area contributed by atoms with E-state index in [1.165, 1.54) is 12.8 Å². The fourth-order valence-corrected chi connectivity index (χ4v) is 2.48. The van der Waals surface area contributed by atoms with Crippen LogP contribution in [0, 0.1) is 0 Å². The first-order valence-electron chi connectivity index (χ1n) is 7.52. The van der Waals surface area contributed by atoms with Crippen LogP contribution in [0.4, 0.5) is 0 Å². The average molecular weight is 276 g/mol. The molecular formula is C16H24N2O2. The summed E-state index contributed by atoms with van der Waals surface area (Å²) >= 11 is 0. The van der Waals surface area contributed by atoms with Crippen LogP contribution in [0.1, 0.15) is 38.2 Å². The summed E-state index contributed by atoms with van der Waals surface area (Å²) < 4.78 is 5.46. The van der Waals surface area contributed by atoms with Gasteiger partial charge in [0.05, 0.1) is 12.6 Å². The van der Waals surface area contributed by atoms with Gasteiger partial charge in [-0.25, -0.2) is 0 Å². The van der Waals surface area contributed by atoms with Crippen molar-refractivity contribution in [3.8, 4) is 5.75 Å². The first kappa shape index (κ1) is 14.9. The number of carbonyl (C=O) groups is 1. The Morgan fingerprint density at radius 3 is 3.15 bits per heavy atom. The number of benzene rings is 1. The maximum absolute atomic E-state index is 12.1. The third-order valence-corrected chi connectivity index (χ3v) is 3.55. The molecule has 0 spiro atoms. The number of rotatable bonds is 5. The summed E-state index contributed by atoms with van der Waals surface area (Å²) in [7, 11) is 0. The minimum atomic E-state index is -0.0347. The molecule has 1 heterocycles. The van der Waals surface area contributed by atoms with Crippen molar-refractivity contribution in [2.75, 3.05) is 13.2 Å². The number of hydrogen-bond donors (Lipinski definition) is 2. The van der Waals surface area contributed by atoms with Crippen molar-refractivity contribution in [3.63, 3.8) is 0 Å². The summed E-state index contributed by atoms with van der Waals surface area (Å²) in [6, 6.07) is 7.83. The van der Waals surface area contributed by atoms with Crippen LogP contribution in [-0.4, -0.2) is 25.1 Å². The van der Waals surface area contributed by atoms with E-state index in [2.05, 4.69) is 10.6 Å². The molecule has 0 aliphatic carbocycles. The van der Waals surface area contributed by atoms with Crippen LogP contribution < -0.4 is 15.4 Å². The predicted molar refractivity (Wildman–Crippen MR) is 79.7 cm³/mol. The molecule has 0 saturated carbocycles. The second kappa shape index (κ2) is 7.90. The SMILES string of the molecule is CCOc1cccc(CNC(=O)C2CCCCCN2)c1. The molecule has 1 aromatic carbocycles. The molecule has 0 bridgehead atoms. The molecule has 1 amide bonds. The fraction of sp³-hybridized carbons (Fsp3) is 0.562. The molecule has 1 aromatic rings. The Balaban J connectivity index is 1.84. The minimum absolute atomic E-state index is 0.0347. The zero-order valence-corrected chi connectivity index (χ0v) is 12.2. The van der Waals surface area contributed by atoms with E-state index in [1.807, 2.05) is 31.2 Å². The van der Waals surface area contributed by atoms with Gasteiger partial charge in [0.2, 0.25) is 5.91 Å². The lowest BCUT2D eigenvalue weighted by Gasteiger charge is -2.15. The lowest BCUT2D eigenvalue weighted by molar-refractivity contribution is -0.123. The van der Waals surface area contributed by atoms with E-state index in [9.17, 15) is 4.79 Å². The van der Waals surface area contributed by atoms with E-state index in [1.54, 1.807) is 0 Å². The van der Waals surface area contributed by atoms with Crippen LogP contribution >= 0.6 is 0 Å². The number of nitrogens with one attached hydrogen (secondary N) is 2. The van der Waals surface area contributed by atoms with Crippen LogP contribution in [0.2, 0.25) is 0 Å². The zero-order valence-electron chi connectivity index (χ0n) is 12.2. The van der Waals surface area contributed by atoms with E-state index in [-0.39, 0.29) is 11.9 Å². The quantitative estimate of drug-likeness (QED) is 0.867. The molecule has 1 aliphatic heterocycles. The summed E-state index contributed by atoms with van der Waals surface area (Å²) in [6.45, 7) is 4.11. The highest BCUT2D eigenvalue weighted by molar-refractivity contribution is 5.81. The molecule has 2 N–H and O–H groups in total. The summed E-state index contributed by atoms with van der Waals surface area (Å²) in [5, 5.41) is 6.32. The van der Waals surface area contributed by atoms with Gasteiger partial charge in [0.15, 0.2) is 0 Å². The molecular weight excluding hydrogens is 252 g/mol. The van der Waals surface area contributed by atoms with Gasteiger partial charge in [0, 0.05) is 6.54 Å². The Kier molecular flexibility index (Phi) is 5.87. The van der Waals surface area contributed by atoms with E-state index in [0.29, 0.717) is 13.2 Å². The maximum Gasteiger partial charge on any atom is 0.237 e. The molecule has 0 radical (unpaired) electrons. The van der Waals surface area contributed by atoms with Gasteiger partial charge in [0.25, 0.3) is 0 Å². The third kappa shape index (κ3) is 4.53. The first-order valence-corrected chi connectivity index (χ1v) is 7.52. The zero-order chi connectivity index (χ0) is 14.2. The monoisotopic (exact) mass is 276 g/mol. The van der Waals surface area contributed by atoms with Gasteiger partial charge in [-0.1, -0.05) is 25.0 Å². The third-order valence-electron chi connectivity index (χ3n) is 3.55. The van der Waals surface area contributed by atoms with E-state index in [4.69, 9.17) is 4.74 Å². The number of carbonyl (C=O) groups excluding carboxylic acids is 1. The lowest BCUT2D eigenvalue weighted by Crippen LogP contribution is -2.43. The van der Waals surface area contributed by atoms with Gasteiger partial charge in [-0.15, -0.1) is 0 Å². The number of hydrogen-bond acceptors (Lipinski definition) is 3. The van der Waals surface area contributed by atoms with E-state index < -0.39 is 0 Å². The number of ether oxygens (including phenoxy) is 1. The van der Waals surface area contributed by atoms with Crippen LogP contribution in [0.3, 0.4) is 0 Å². The van der Waals surface area contributed by atoms with Gasteiger partial charge >= 0.3 is 0 Å². The van der Waals surface area contributed by atoms with Crippen molar-refractivity contribution in [3.05, 3.63) is 29.8 Å². The molecule has 1 saturated heterocycles. The Hall–Kier alpha value is -1.55. The largest absolute Gasteiger partial charge is 0.494 e. The molecule has 1 fully saturated rings. The van der Waals surface area contributed by atoms with Gasteiger partial charge < -0.3 is 15.4 Å². The van der Waals surface area contributed by atoms with Gasteiger partial charge in [0.1, 0.15) is 5.75 Å². The molecule has 1 atom stereocenters. The first-order chi connectivity index (χ1) is 9.79. The highest BCUT2D eigenvalue weighted by atomic mass is 16.5. The average Bonchev–Trinajstić information content (AvgIpc) is 2.75. The molecule has 1 unspecified atom stereocenters. The highest BCUT2D eigenvalue weighted by Crippen LogP contribution is 2.13. The normalized spacial score (nSPS) is 19.1. The van der Waals surface area contributed by atoms with E-state index in [0.717, 1.165) is 30.7 Å². The smallest absolute Gasteiger partial charge is 0.237 e. The van der Waals surface area contributed by atoms with Crippen LogP contribution in [-0.2, 0) is 11.3 Å². The molecule has 4 heteroatoms. The van der Waals surface area contributed by atoms with Crippen LogP contribution in [0.25, 0.3) is 0 Å². The lowest BCUT2D eigenvalue weighted by atomic mass is 10.1. The van der Waals surface area contributed by atoms with Crippen LogP contribution in [0.15, 0.2) is 24.3 Å². The van der Waals surface area contributed by atoms with Crippen molar-refractivity contribution < 1.29 is 9.53 Å². The molecule has 110 valence electrons. The fourth-order valence-electron chi connectivity index (χ4n) is 2.48. The Morgan fingerprint density at radius 2 is 2.30 bits per heavy atom. The molecule has 4 nitrogen and oxygen atoms in total. The summed E-state index contributed by atoms with van der Waals surface area (Å²) in [5.74, 6) is 0.959. The van der Waals surface area contributed by atoms with Gasteiger partial charge in [-0.2, -0.15) is 0 Å². The summed E-state index contributed by atoms with van der Waals surface area (Å²) in [5.41, 5.74) is 1.07.